The molecule has 0 radical (unpaired) electrons. The summed E-state index contributed by atoms with van der Waals surface area (Å²) in [6.45, 7) is 0.303. The summed E-state index contributed by atoms with van der Waals surface area (Å²) in [6.07, 6.45) is 0. The van der Waals surface area contributed by atoms with Gasteiger partial charge in [0.05, 0.1) is 26.4 Å². The van der Waals surface area contributed by atoms with Crippen molar-refractivity contribution in [1.29, 1.82) is 0 Å². The predicted molar refractivity (Wildman–Crippen MR) is 44.6 cm³/mol. The summed E-state index contributed by atoms with van der Waals surface area (Å²) in [5, 5.41) is 0. The number of methoxy groups -OCH3 is 2. The molecule has 0 bridgehead atoms. The number of hydrogen-bond acceptors (Lipinski definition) is 6. The minimum absolute atomic E-state index is 0.0498. The highest BCUT2D eigenvalue weighted by atomic mass is 32.3. The van der Waals surface area contributed by atoms with Crippen molar-refractivity contribution in [3.63, 3.8) is 0 Å². The van der Waals surface area contributed by atoms with Crippen LogP contribution < -0.4 is 0 Å². The Bertz CT molecular complexity index is 183. The van der Waals surface area contributed by atoms with Crippen molar-refractivity contribution >= 4 is 10.4 Å². The van der Waals surface area contributed by atoms with Gasteiger partial charge in [0.25, 0.3) is 0 Å². The molecule has 0 saturated heterocycles. The summed E-state index contributed by atoms with van der Waals surface area (Å²) in [7, 11) is -0.994. The molecule has 0 saturated carbocycles. The normalized spacial score (nSPS) is 11.8. The molecule has 0 aromatic rings. The Hall–Kier alpha value is -0.210. The Kier molecular flexibility index (Phi) is 7.10. The first-order chi connectivity index (χ1) is 6.12. The topological polar surface area (TPSA) is 71.1 Å². The fourth-order valence-corrected chi connectivity index (χ4v) is 1.09. The molecule has 0 N–H and O–H groups in total. The summed E-state index contributed by atoms with van der Waals surface area (Å²) < 4.78 is 39.6. The molecule has 80 valence electrons. The van der Waals surface area contributed by atoms with Crippen molar-refractivity contribution in [2.24, 2.45) is 0 Å². The van der Waals surface area contributed by atoms with E-state index in [1.54, 1.807) is 0 Å². The highest BCUT2D eigenvalue weighted by molar-refractivity contribution is 7.81. The summed E-state index contributed by atoms with van der Waals surface area (Å²) in [4.78, 5) is 0. The van der Waals surface area contributed by atoms with Gasteiger partial charge in [0.2, 0.25) is 0 Å². The highest BCUT2D eigenvalue weighted by Crippen LogP contribution is 1.95. The zero-order valence-electron chi connectivity index (χ0n) is 7.69. The van der Waals surface area contributed by atoms with Crippen molar-refractivity contribution < 1.29 is 26.3 Å². The first-order valence-electron chi connectivity index (χ1n) is 3.64. The second-order valence-electron chi connectivity index (χ2n) is 2.04. The van der Waals surface area contributed by atoms with Crippen LogP contribution in [0.25, 0.3) is 0 Å². The molecule has 0 aliphatic heterocycles. The Morgan fingerprint density at radius 1 is 0.846 bits per heavy atom. The zero-order chi connectivity index (χ0) is 10.2. The molecule has 0 fully saturated rings. The molecule has 6 nitrogen and oxygen atoms in total. The van der Waals surface area contributed by atoms with E-state index in [0.29, 0.717) is 0 Å². The summed E-state index contributed by atoms with van der Waals surface area (Å²) in [5.41, 5.74) is 0. The maximum Gasteiger partial charge on any atom is 0.400 e. The highest BCUT2D eigenvalue weighted by Gasteiger charge is 2.10. The lowest BCUT2D eigenvalue weighted by molar-refractivity contribution is 0.113. The van der Waals surface area contributed by atoms with E-state index >= 15 is 0 Å². The molecule has 0 rings (SSSR count). The Balaban J connectivity index is 3.55. The van der Waals surface area contributed by atoms with Crippen LogP contribution in [0, 0.1) is 0 Å². The van der Waals surface area contributed by atoms with Crippen LogP contribution in [0.3, 0.4) is 0 Å². The van der Waals surface area contributed by atoms with Crippen LogP contribution in [-0.2, 0) is 28.2 Å². The number of ether oxygens (including phenoxy) is 2. The van der Waals surface area contributed by atoms with E-state index in [9.17, 15) is 8.42 Å². The maximum atomic E-state index is 10.8. The Labute approximate surface area is 78.1 Å². The lowest BCUT2D eigenvalue weighted by Crippen LogP contribution is -2.15. The molecule has 0 heterocycles. The van der Waals surface area contributed by atoms with Crippen molar-refractivity contribution in [2.75, 3.05) is 40.6 Å². The molecule has 0 aromatic heterocycles. The molecule has 0 aromatic carbocycles. The lowest BCUT2D eigenvalue weighted by atomic mass is 10.8. The van der Waals surface area contributed by atoms with E-state index in [0.717, 1.165) is 0 Å². The van der Waals surface area contributed by atoms with Crippen LogP contribution in [0.15, 0.2) is 0 Å². The Morgan fingerprint density at radius 2 is 1.23 bits per heavy atom. The fraction of sp³-hybridized carbons (Fsp3) is 1.00. The van der Waals surface area contributed by atoms with Crippen molar-refractivity contribution in [3.8, 4) is 0 Å². The minimum atomic E-state index is -3.89. The maximum absolute atomic E-state index is 10.8. The smallest absolute Gasteiger partial charge is 0.382 e. The third-order valence-electron chi connectivity index (χ3n) is 1.03. The standard InChI is InChI=1S/C6H14O6S/c1-9-3-5-11-13(7,8)12-6-4-10-2/h3-6H2,1-2H3. The predicted octanol–water partition coefficient (Wildman–Crippen LogP) is -0.443. The third-order valence-corrected chi connectivity index (χ3v) is 1.94. The third kappa shape index (κ3) is 8.13. The van der Waals surface area contributed by atoms with Crippen LogP contribution >= 0.6 is 0 Å². The minimum Gasteiger partial charge on any atom is -0.382 e. The van der Waals surface area contributed by atoms with Gasteiger partial charge in [-0.25, -0.2) is 8.37 Å². The van der Waals surface area contributed by atoms with Crippen molar-refractivity contribution in [2.45, 2.75) is 0 Å². The van der Waals surface area contributed by atoms with Gasteiger partial charge in [-0.3, -0.25) is 0 Å². The van der Waals surface area contributed by atoms with Crippen LogP contribution in [0.4, 0.5) is 0 Å². The van der Waals surface area contributed by atoms with Crippen molar-refractivity contribution in [1.82, 2.24) is 0 Å². The van der Waals surface area contributed by atoms with Gasteiger partial charge in [-0.05, 0) is 0 Å². The van der Waals surface area contributed by atoms with E-state index in [1.807, 2.05) is 0 Å². The summed E-state index contributed by atoms with van der Waals surface area (Å²) in [5.74, 6) is 0. The zero-order valence-corrected chi connectivity index (χ0v) is 8.50. The molecule has 0 spiro atoms. The van der Waals surface area contributed by atoms with Crippen LogP contribution in [-0.4, -0.2) is 49.1 Å². The van der Waals surface area contributed by atoms with Gasteiger partial charge in [0.15, 0.2) is 0 Å². The fourth-order valence-electron chi connectivity index (χ4n) is 0.473. The van der Waals surface area contributed by atoms with Crippen LogP contribution in [0.2, 0.25) is 0 Å². The van der Waals surface area contributed by atoms with E-state index in [4.69, 9.17) is 0 Å². The SMILES string of the molecule is COCCOS(=O)(=O)OCCOC. The molecule has 0 aliphatic rings. The quantitative estimate of drug-likeness (QED) is 0.510. The van der Waals surface area contributed by atoms with E-state index in [1.165, 1.54) is 14.2 Å². The molecule has 0 aliphatic carbocycles. The monoisotopic (exact) mass is 214 g/mol. The van der Waals surface area contributed by atoms with E-state index in [2.05, 4.69) is 17.8 Å². The van der Waals surface area contributed by atoms with E-state index < -0.39 is 10.4 Å². The van der Waals surface area contributed by atoms with Gasteiger partial charge in [-0.15, -0.1) is 0 Å². The molecule has 13 heavy (non-hydrogen) atoms. The second kappa shape index (κ2) is 7.22. The summed E-state index contributed by atoms with van der Waals surface area (Å²) >= 11 is 0. The van der Waals surface area contributed by atoms with Gasteiger partial charge in [0.1, 0.15) is 0 Å². The largest absolute Gasteiger partial charge is 0.400 e. The average molecular weight is 214 g/mol. The molecular formula is C6H14O6S. The van der Waals surface area contributed by atoms with Crippen LogP contribution in [0.1, 0.15) is 0 Å². The van der Waals surface area contributed by atoms with Crippen molar-refractivity contribution in [3.05, 3.63) is 0 Å². The van der Waals surface area contributed by atoms with Gasteiger partial charge in [-0.2, -0.15) is 8.42 Å². The Morgan fingerprint density at radius 3 is 1.54 bits per heavy atom. The number of hydrogen-bond donors (Lipinski definition) is 0. The molecular weight excluding hydrogens is 200 g/mol. The average Bonchev–Trinajstić information content (AvgIpc) is 2.05. The molecule has 0 atom stereocenters. The molecule has 0 amide bonds. The first-order valence-corrected chi connectivity index (χ1v) is 4.97. The second-order valence-corrected chi connectivity index (χ2v) is 3.33. The lowest BCUT2D eigenvalue weighted by Gasteiger charge is -2.04. The molecule has 0 unspecified atom stereocenters. The van der Waals surface area contributed by atoms with Gasteiger partial charge < -0.3 is 9.47 Å². The van der Waals surface area contributed by atoms with E-state index in [-0.39, 0.29) is 26.4 Å². The molecule has 7 heteroatoms. The summed E-state index contributed by atoms with van der Waals surface area (Å²) in [6, 6.07) is 0. The van der Waals surface area contributed by atoms with Crippen LogP contribution in [0.5, 0.6) is 0 Å². The van der Waals surface area contributed by atoms with Gasteiger partial charge in [0, 0.05) is 14.2 Å². The number of rotatable bonds is 8. The van der Waals surface area contributed by atoms with Gasteiger partial charge in [-0.1, -0.05) is 0 Å². The first kappa shape index (κ1) is 12.8. The van der Waals surface area contributed by atoms with Gasteiger partial charge >= 0.3 is 10.4 Å².